The normalized spacial score (nSPS) is 11.3. The molecule has 3 aromatic heterocycles. The molecule has 0 bridgehead atoms. The van der Waals surface area contributed by atoms with E-state index in [2.05, 4.69) is 156 Å². The average Bonchev–Trinajstić information content (AvgIpc) is 3.61. The summed E-state index contributed by atoms with van der Waals surface area (Å²) >= 11 is 0. The lowest BCUT2D eigenvalue weighted by Gasteiger charge is -2.12. The highest BCUT2D eigenvalue weighted by atomic mass is 15.1. The van der Waals surface area contributed by atoms with Crippen LogP contribution in [-0.2, 0) is 0 Å². The Labute approximate surface area is 319 Å². The molecule has 0 saturated carbocycles. The van der Waals surface area contributed by atoms with Gasteiger partial charge in [0.25, 0.3) is 0 Å². The first-order chi connectivity index (χ1) is 27.3. The molecule has 5 heteroatoms. The van der Waals surface area contributed by atoms with Crippen LogP contribution in [0, 0.1) is 0 Å². The third-order valence-corrected chi connectivity index (χ3v) is 10.1. The average molecular weight is 704 g/mol. The summed E-state index contributed by atoms with van der Waals surface area (Å²) in [6, 6.07) is 69.0. The van der Waals surface area contributed by atoms with Crippen molar-refractivity contribution in [2.24, 2.45) is 0 Å². The Morgan fingerprint density at radius 1 is 0.291 bits per heavy atom. The minimum atomic E-state index is 0.681. The van der Waals surface area contributed by atoms with Crippen LogP contribution < -0.4 is 0 Å². The molecule has 0 aliphatic rings. The number of hydrogen-bond donors (Lipinski definition) is 0. The molecule has 10 aromatic rings. The van der Waals surface area contributed by atoms with E-state index in [9.17, 15) is 0 Å². The van der Waals surface area contributed by atoms with Gasteiger partial charge in [0.15, 0.2) is 11.6 Å². The first-order valence-electron chi connectivity index (χ1n) is 18.4. The maximum atomic E-state index is 5.27. The first-order valence-corrected chi connectivity index (χ1v) is 18.4. The van der Waals surface area contributed by atoms with Crippen molar-refractivity contribution in [2.75, 3.05) is 0 Å². The third-order valence-electron chi connectivity index (χ3n) is 10.1. The zero-order chi connectivity index (χ0) is 36.6. The van der Waals surface area contributed by atoms with Crippen molar-refractivity contribution >= 4 is 16.4 Å². The lowest BCUT2D eigenvalue weighted by atomic mass is 10.0. The molecule has 0 aliphatic heterocycles. The molecule has 3 heterocycles. The predicted molar refractivity (Wildman–Crippen MR) is 224 cm³/mol. The summed E-state index contributed by atoms with van der Waals surface area (Å²) in [5, 5.41) is 2.23. The van der Waals surface area contributed by atoms with Crippen molar-refractivity contribution in [1.82, 2.24) is 24.3 Å². The molecule has 10 rings (SSSR count). The van der Waals surface area contributed by atoms with Gasteiger partial charge in [0, 0.05) is 38.6 Å². The number of benzene rings is 7. The molecule has 7 aromatic carbocycles. The number of aromatic nitrogens is 5. The van der Waals surface area contributed by atoms with E-state index in [4.69, 9.17) is 19.9 Å². The fraction of sp³-hybridized carbons (Fsp3) is 0. The van der Waals surface area contributed by atoms with Gasteiger partial charge in [0.2, 0.25) is 0 Å². The zero-order valence-corrected chi connectivity index (χ0v) is 29.8. The van der Waals surface area contributed by atoms with Crippen LogP contribution in [0.4, 0.5) is 0 Å². The lowest BCUT2D eigenvalue weighted by molar-refractivity contribution is 1.05. The highest BCUT2D eigenvalue weighted by Crippen LogP contribution is 2.38. The van der Waals surface area contributed by atoms with Crippen molar-refractivity contribution in [2.45, 2.75) is 0 Å². The maximum absolute atomic E-state index is 5.27. The molecule has 0 atom stereocenters. The van der Waals surface area contributed by atoms with Crippen LogP contribution in [0.15, 0.2) is 200 Å². The predicted octanol–water partition coefficient (Wildman–Crippen LogP) is 12.3. The topological polar surface area (TPSA) is 56.0 Å². The van der Waals surface area contributed by atoms with Gasteiger partial charge in [-0.15, -0.1) is 0 Å². The minimum absolute atomic E-state index is 0.681. The second-order valence-electron chi connectivity index (χ2n) is 13.5. The fourth-order valence-electron chi connectivity index (χ4n) is 7.33. The second-order valence-corrected chi connectivity index (χ2v) is 13.5. The van der Waals surface area contributed by atoms with E-state index in [1.165, 1.54) is 0 Å². The Morgan fingerprint density at radius 3 is 1.20 bits per heavy atom. The van der Waals surface area contributed by atoms with Gasteiger partial charge < -0.3 is 0 Å². The van der Waals surface area contributed by atoms with Gasteiger partial charge in [-0.05, 0) is 22.8 Å². The van der Waals surface area contributed by atoms with Gasteiger partial charge in [-0.3, -0.25) is 4.40 Å². The van der Waals surface area contributed by atoms with Crippen molar-refractivity contribution in [3.8, 4) is 79.1 Å². The largest absolute Gasteiger partial charge is 0.277 e. The van der Waals surface area contributed by atoms with Crippen LogP contribution >= 0.6 is 0 Å². The monoisotopic (exact) mass is 703 g/mol. The SMILES string of the molecule is c1ccc(-c2cc(-c3ccccc3)nc(-c3ccc(-c4ccc(-c5nc(-c6ccccc6)n6c(-c7ccccc7)c7ccccc7c6n5)cc4)cc3)n2)cc1. The van der Waals surface area contributed by atoms with Gasteiger partial charge in [-0.25, -0.2) is 19.9 Å². The standard InChI is InChI=1S/C50H33N5/c1-5-15-36(16-6-1)44-33-45(37-17-7-2-8-18-37)52-47(51-44)39-29-25-34(26-30-39)35-27-31-40(32-28-35)48-53-49(41-21-11-4-12-22-41)55-46(38-19-9-3-10-20-38)42-23-13-14-24-43(42)50(55)54-48/h1-33H. The quantitative estimate of drug-likeness (QED) is 0.166. The number of fused-ring (bicyclic) bond motifs is 3. The van der Waals surface area contributed by atoms with Crippen LogP contribution in [0.2, 0.25) is 0 Å². The molecular weight excluding hydrogens is 671 g/mol. The summed E-state index contributed by atoms with van der Waals surface area (Å²) in [6.07, 6.45) is 0. The third kappa shape index (κ3) is 6.04. The summed E-state index contributed by atoms with van der Waals surface area (Å²) in [5.41, 5.74) is 12.1. The zero-order valence-electron chi connectivity index (χ0n) is 29.8. The van der Waals surface area contributed by atoms with Crippen molar-refractivity contribution < 1.29 is 0 Å². The Bertz CT molecular complexity index is 2870. The van der Waals surface area contributed by atoms with Crippen molar-refractivity contribution in [1.29, 1.82) is 0 Å². The first kappa shape index (κ1) is 32.2. The van der Waals surface area contributed by atoms with Gasteiger partial charge in [-0.2, -0.15) is 0 Å². The minimum Gasteiger partial charge on any atom is -0.277 e. The molecule has 55 heavy (non-hydrogen) atoms. The number of nitrogens with zero attached hydrogens (tertiary/aromatic N) is 5. The van der Waals surface area contributed by atoms with E-state index >= 15 is 0 Å². The highest BCUT2D eigenvalue weighted by molar-refractivity contribution is 6.06. The summed E-state index contributed by atoms with van der Waals surface area (Å²) in [7, 11) is 0. The van der Waals surface area contributed by atoms with Gasteiger partial charge >= 0.3 is 0 Å². The van der Waals surface area contributed by atoms with Crippen LogP contribution in [-0.4, -0.2) is 24.3 Å². The highest BCUT2D eigenvalue weighted by Gasteiger charge is 2.21. The van der Waals surface area contributed by atoms with Gasteiger partial charge in [-0.1, -0.05) is 194 Å². The molecule has 0 radical (unpaired) electrons. The number of hydrogen-bond acceptors (Lipinski definition) is 4. The van der Waals surface area contributed by atoms with Gasteiger partial charge in [0.05, 0.1) is 17.1 Å². The summed E-state index contributed by atoms with van der Waals surface area (Å²) in [4.78, 5) is 20.5. The van der Waals surface area contributed by atoms with E-state index in [1.807, 2.05) is 48.5 Å². The van der Waals surface area contributed by atoms with Crippen LogP contribution in [0.1, 0.15) is 0 Å². The second kappa shape index (κ2) is 13.8. The Hall–Kier alpha value is -7.50. The van der Waals surface area contributed by atoms with Gasteiger partial charge in [0.1, 0.15) is 11.5 Å². The Balaban J connectivity index is 1.03. The van der Waals surface area contributed by atoms with E-state index in [1.54, 1.807) is 0 Å². The molecule has 0 unspecified atom stereocenters. The van der Waals surface area contributed by atoms with E-state index in [-0.39, 0.29) is 0 Å². The van der Waals surface area contributed by atoms with E-state index < -0.39 is 0 Å². The van der Waals surface area contributed by atoms with E-state index in [0.717, 1.165) is 83.8 Å². The fourth-order valence-corrected chi connectivity index (χ4v) is 7.33. The Morgan fingerprint density at radius 2 is 0.691 bits per heavy atom. The maximum Gasteiger partial charge on any atom is 0.163 e. The van der Waals surface area contributed by atoms with Crippen molar-refractivity contribution in [3.63, 3.8) is 0 Å². The molecular formula is C50H33N5. The summed E-state index contributed by atoms with van der Waals surface area (Å²) in [5.74, 6) is 2.22. The lowest BCUT2D eigenvalue weighted by Crippen LogP contribution is -2.03. The molecule has 0 amide bonds. The van der Waals surface area contributed by atoms with E-state index in [0.29, 0.717) is 11.6 Å². The van der Waals surface area contributed by atoms with Crippen LogP contribution in [0.5, 0.6) is 0 Å². The summed E-state index contributed by atoms with van der Waals surface area (Å²) in [6.45, 7) is 0. The molecule has 0 aliphatic carbocycles. The number of rotatable bonds is 7. The van der Waals surface area contributed by atoms with Crippen LogP contribution in [0.3, 0.4) is 0 Å². The van der Waals surface area contributed by atoms with Crippen molar-refractivity contribution in [3.05, 3.63) is 200 Å². The molecule has 0 N–H and O–H groups in total. The molecule has 5 nitrogen and oxygen atoms in total. The molecule has 258 valence electrons. The Kier molecular flexibility index (Phi) is 8.08. The molecule has 0 spiro atoms. The molecule has 0 fully saturated rings. The summed E-state index contributed by atoms with van der Waals surface area (Å²) < 4.78 is 2.22. The molecule has 0 saturated heterocycles. The smallest absolute Gasteiger partial charge is 0.163 e. The van der Waals surface area contributed by atoms with Crippen LogP contribution in [0.25, 0.3) is 95.5 Å².